The second-order valence-electron chi connectivity index (χ2n) is 5.17. The average Bonchev–Trinajstić information content (AvgIpc) is 2.95. The van der Waals surface area contributed by atoms with Crippen molar-refractivity contribution in [1.29, 1.82) is 0 Å². The molecule has 0 aliphatic carbocycles. The lowest BCUT2D eigenvalue weighted by Gasteiger charge is -2.16. The van der Waals surface area contributed by atoms with Crippen LogP contribution < -0.4 is 16.0 Å². The molecule has 20 heavy (non-hydrogen) atoms. The van der Waals surface area contributed by atoms with E-state index < -0.39 is 0 Å². The number of aldehydes is 1. The van der Waals surface area contributed by atoms with Gasteiger partial charge in [-0.3, -0.25) is 4.79 Å². The number of carbonyl (C=O) groups is 3. The Bertz CT molecular complexity index is 378. The van der Waals surface area contributed by atoms with E-state index in [-0.39, 0.29) is 24.0 Å². The fourth-order valence-electron chi connectivity index (χ4n) is 2.63. The molecule has 0 aromatic carbocycles. The first-order valence-electron chi connectivity index (χ1n) is 7.09. The smallest absolute Gasteiger partial charge is 0.315 e. The predicted octanol–water partition coefficient (Wildman–Crippen LogP) is 0.417. The van der Waals surface area contributed by atoms with Gasteiger partial charge in [-0.2, -0.15) is 11.8 Å². The molecule has 0 aromatic heterocycles. The maximum Gasteiger partial charge on any atom is 0.315 e. The summed E-state index contributed by atoms with van der Waals surface area (Å²) in [5.41, 5.74) is 0. The van der Waals surface area contributed by atoms with Gasteiger partial charge in [-0.25, -0.2) is 4.79 Å². The third-order valence-corrected chi connectivity index (χ3v) is 5.17. The van der Waals surface area contributed by atoms with Crippen LogP contribution in [0.2, 0.25) is 0 Å². The van der Waals surface area contributed by atoms with Crippen molar-refractivity contribution in [2.24, 2.45) is 0 Å². The van der Waals surface area contributed by atoms with Crippen molar-refractivity contribution in [2.45, 2.75) is 49.4 Å². The predicted molar refractivity (Wildman–Crippen MR) is 77.6 cm³/mol. The number of amides is 3. The molecule has 7 heteroatoms. The second-order valence-corrected chi connectivity index (χ2v) is 6.45. The Morgan fingerprint density at radius 2 is 2.25 bits per heavy atom. The molecule has 2 aliphatic heterocycles. The number of hydrogen-bond donors (Lipinski definition) is 3. The van der Waals surface area contributed by atoms with Gasteiger partial charge in [0.05, 0.1) is 12.1 Å². The molecule has 2 heterocycles. The van der Waals surface area contributed by atoms with Crippen molar-refractivity contribution >= 4 is 30.0 Å². The summed E-state index contributed by atoms with van der Waals surface area (Å²) in [4.78, 5) is 32.8. The third kappa shape index (κ3) is 4.13. The van der Waals surface area contributed by atoms with Gasteiger partial charge in [0.25, 0.3) is 0 Å². The monoisotopic (exact) mass is 299 g/mol. The molecule has 3 unspecified atom stereocenters. The van der Waals surface area contributed by atoms with Gasteiger partial charge in [0.2, 0.25) is 5.91 Å². The first-order chi connectivity index (χ1) is 9.70. The maximum atomic E-state index is 11.4. The van der Waals surface area contributed by atoms with Crippen molar-refractivity contribution in [3.63, 3.8) is 0 Å². The van der Waals surface area contributed by atoms with E-state index in [2.05, 4.69) is 16.0 Å². The highest BCUT2D eigenvalue weighted by molar-refractivity contribution is 8.00. The molecule has 6 nitrogen and oxygen atoms in total. The highest BCUT2D eigenvalue weighted by Crippen LogP contribution is 2.33. The van der Waals surface area contributed by atoms with Crippen LogP contribution in [-0.4, -0.2) is 47.9 Å². The van der Waals surface area contributed by atoms with E-state index in [9.17, 15) is 14.4 Å². The normalized spacial score (nSPS) is 27.6. The summed E-state index contributed by atoms with van der Waals surface area (Å²) in [5, 5.41) is 9.05. The maximum absolute atomic E-state index is 11.4. The molecule has 0 saturated carbocycles. The zero-order chi connectivity index (χ0) is 14.4. The lowest BCUT2D eigenvalue weighted by atomic mass is 10.0. The number of thioether (sulfide) groups is 1. The fraction of sp³-hybridized carbons (Fsp3) is 0.769. The molecule has 3 atom stereocenters. The summed E-state index contributed by atoms with van der Waals surface area (Å²) in [5.74, 6) is 0.986. The van der Waals surface area contributed by atoms with E-state index >= 15 is 0 Å². The summed E-state index contributed by atoms with van der Waals surface area (Å²) in [6.45, 7) is 0.433. The quantitative estimate of drug-likeness (QED) is 0.344. The number of hydrogen-bond acceptors (Lipinski definition) is 4. The Hall–Kier alpha value is -1.24. The molecular formula is C13H21N3O3S. The van der Waals surface area contributed by atoms with Crippen LogP contribution in [0, 0.1) is 0 Å². The minimum absolute atomic E-state index is 0.0136. The Morgan fingerprint density at radius 3 is 3.05 bits per heavy atom. The second kappa shape index (κ2) is 7.52. The first-order valence-corrected chi connectivity index (χ1v) is 8.14. The number of fused-ring (bicyclic) bond motifs is 1. The molecule has 2 fully saturated rings. The Labute approximate surface area is 122 Å². The topological polar surface area (TPSA) is 87.3 Å². The van der Waals surface area contributed by atoms with Crippen LogP contribution in [0.3, 0.4) is 0 Å². The first kappa shape index (κ1) is 15.2. The number of rotatable bonds is 8. The Balaban J connectivity index is 1.56. The van der Waals surface area contributed by atoms with Crippen molar-refractivity contribution in [3.05, 3.63) is 0 Å². The third-order valence-electron chi connectivity index (χ3n) is 3.66. The van der Waals surface area contributed by atoms with Gasteiger partial charge in [-0.15, -0.1) is 0 Å². The number of unbranched alkanes of at least 4 members (excludes halogenated alkanes) is 1. The van der Waals surface area contributed by atoms with Crippen LogP contribution in [0.15, 0.2) is 0 Å². The number of urea groups is 1. The summed E-state index contributed by atoms with van der Waals surface area (Å²) in [6.07, 6.45) is 4.54. The van der Waals surface area contributed by atoms with Crippen LogP contribution in [0.1, 0.15) is 32.1 Å². The molecule has 2 saturated heterocycles. The van der Waals surface area contributed by atoms with Crippen LogP contribution in [0.4, 0.5) is 4.79 Å². The summed E-state index contributed by atoms with van der Waals surface area (Å²) >= 11 is 1.90. The lowest BCUT2D eigenvalue weighted by molar-refractivity contribution is -0.121. The zero-order valence-electron chi connectivity index (χ0n) is 11.4. The number of carbonyl (C=O) groups excluding carboxylic acids is 3. The standard InChI is InChI=1S/C13H21N3O3S/c17-7-3-6-14-11(18)5-2-1-4-10-12-9(8-20-10)15-13(19)16-12/h7,9-10,12H,1-6,8H2,(H,14,18)(H2,15,16,19). The van der Waals surface area contributed by atoms with E-state index in [0.717, 1.165) is 31.3 Å². The van der Waals surface area contributed by atoms with Gasteiger partial charge in [-0.1, -0.05) is 6.42 Å². The minimum atomic E-state index is -0.0557. The van der Waals surface area contributed by atoms with Crippen molar-refractivity contribution < 1.29 is 14.4 Å². The molecule has 3 N–H and O–H groups in total. The van der Waals surface area contributed by atoms with Crippen LogP contribution in [-0.2, 0) is 9.59 Å². The van der Waals surface area contributed by atoms with E-state index in [1.165, 1.54) is 0 Å². The molecular weight excluding hydrogens is 278 g/mol. The minimum Gasteiger partial charge on any atom is -0.356 e. The molecule has 112 valence electrons. The van der Waals surface area contributed by atoms with E-state index in [1.807, 2.05) is 11.8 Å². The molecule has 0 aromatic rings. The number of nitrogens with one attached hydrogen (secondary N) is 3. The Kier molecular flexibility index (Phi) is 5.70. The van der Waals surface area contributed by atoms with Crippen LogP contribution >= 0.6 is 11.8 Å². The molecule has 2 rings (SSSR count). The molecule has 0 radical (unpaired) electrons. The lowest BCUT2D eigenvalue weighted by Crippen LogP contribution is -2.36. The average molecular weight is 299 g/mol. The van der Waals surface area contributed by atoms with Gasteiger partial charge in [0.15, 0.2) is 0 Å². The fourth-order valence-corrected chi connectivity index (χ4v) is 4.18. The van der Waals surface area contributed by atoms with E-state index in [4.69, 9.17) is 0 Å². The summed E-state index contributed by atoms with van der Waals surface area (Å²) in [6, 6.07) is 0.456. The SMILES string of the molecule is O=CCCNC(=O)CCCCC1SCC2NC(=O)NC21. The van der Waals surface area contributed by atoms with Gasteiger partial charge in [0, 0.05) is 30.4 Å². The van der Waals surface area contributed by atoms with Crippen molar-refractivity contribution in [3.8, 4) is 0 Å². The summed E-state index contributed by atoms with van der Waals surface area (Å²) < 4.78 is 0. The molecule has 3 amide bonds. The highest BCUT2D eigenvalue weighted by Gasteiger charge is 2.42. The zero-order valence-corrected chi connectivity index (χ0v) is 12.2. The molecule has 0 spiro atoms. The largest absolute Gasteiger partial charge is 0.356 e. The van der Waals surface area contributed by atoms with Crippen LogP contribution in [0.25, 0.3) is 0 Å². The van der Waals surface area contributed by atoms with Gasteiger partial charge >= 0.3 is 6.03 Å². The summed E-state index contributed by atoms with van der Waals surface area (Å²) in [7, 11) is 0. The van der Waals surface area contributed by atoms with E-state index in [0.29, 0.717) is 24.6 Å². The highest BCUT2D eigenvalue weighted by atomic mass is 32.2. The van der Waals surface area contributed by atoms with E-state index in [1.54, 1.807) is 0 Å². The van der Waals surface area contributed by atoms with Crippen LogP contribution in [0.5, 0.6) is 0 Å². The van der Waals surface area contributed by atoms with Gasteiger partial charge in [0.1, 0.15) is 6.29 Å². The molecule has 2 aliphatic rings. The van der Waals surface area contributed by atoms with Crippen molar-refractivity contribution in [2.75, 3.05) is 12.3 Å². The molecule has 0 bridgehead atoms. The Morgan fingerprint density at radius 1 is 1.40 bits per heavy atom. The van der Waals surface area contributed by atoms with Crippen molar-refractivity contribution in [1.82, 2.24) is 16.0 Å². The van der Waals surface area contributed by atoms with Gasteiger partial charge in [-0.05, 0) is 12.8 Å². The van der Waals surface area contributed by atoms with Gasteiger partial charge < -0.3 is 20.7 Å².